The summed E-state index contributed by atoms with van der Waals surface area (Å²) in [6, 6.07) is 12.9. The van der Waals surface area contributed by atoms with Crippen LogP contribution in [-0.2, 0) is 6.42 Å². The van der Waals surface area contributed by atoms with E-state index in [1.165, 1.54) is 18.0 Å². The summed E-state index contributed by atoms with van der Waals surface area (Å²) in [6.45, 7) is 2.13. The Morgan fingerprint density at radius 3 is 2.76 bits per heavy atom. The Kier molecular flexibility index (Phi) is 4.13. The number of benzene rings is 2. The first-order valence-corrected chi connectivity index (χ1v) is 8.87. The Hall–Kier alpha value is -2.47. The summed E-state index contributed by atoms with van der Waals surface area (Å²) in [4.78, 5) is 4.26. The van der Waals surface area contributed by atoms with Crippen LogP contribution < -0.4 is 5.32 Å². The van der Waals surface area contributed by atoms with Gasteiger partial charge in [0.2, 0.25) is 5.95 Å². The molecule has 1 aliphatic rings. The highest BCUT2D eigenvalue weighted by molar-refractivity contribution is 9.10. The maximum absolute atomic E-state index is 14.5. The average Bonchev–Trinajstić information content (AvgIpc) is 3.12. The lowest BCUT2D eigenvalue weighted by Crippen LogP contribution is -2.21. The molecule has 0 amide bonds. The SMILES string of the molecule is CCc1ccc(C2=C[C@H](c3cc(Br)ccc3F)n3ncnc3N2)cc1. The van der Waals surface area contributed by atoms with Gasteiger partial charge in [0.25, 0.3) is 0 Å². The zero-order valence-electron chi connectivity index (χ0n) is 13.6. The van der Waals surface area contributed by atoms with Gasteiger partial charge in [0.1, 0.15) is 18.2 Å². The third kappa shape index (κ3) is 2.98. The van der Waals surface area contributed by atoms with Gasteiger partial charge in [0, 0.05) is 15.7 Å². The molecule has 6 heteroatoms. The summed E-state index contributed by atoms with van der Waals surface area (Å²) >= 11 is 3.42. The predicted molar refractivity (Wildman–Crippen MR) is 99.7 cm³/mol. The first-order chi connectivity index (χ1) is 12.2. The van der Waals surface area contributed by atoms with Crippen LogP contribution in [0.3, 0.4) is 0 Å². The standard InChI is InChI=1S/C19H16BrFN4/c1-2-12-3-5-13(6-4-12)17-10-18(25-19(24-17)22-11-23-25)15-9-14(20)7-8-16(15)21/h3-11,18H,2H2,1H3,(H,22,23,24)/t18-/m1/s1. The Balaban J connectivity index is 1.81. The van der Waals surface area contributed by atoms with E-state index in [0.717, 1.165) is 22.2 Å². The topological polar surface area (TPSA) is 42.7 Å². The number of halogens is 2. The summed E-state index contributed by atoms with van der Waals surface area (Å²) < 4.78 is 17.0. The van der Waals surface area contributed by atoms with Gasteiger partial charge in [0.05, 0.1) is 0 Å². The quantitative estimate of drug-likeness (QED) is 0.688. The number of anilines is 1. The lowest BCUT2D eigenvalue weighted by atomic mass is 10.0. The fourth-order valence-corrected chi connectivity index (χ4v) is 3.36. The van der Waals surface area contributed by atoms with Crippen molar-refractivity contribution >= 4 is 27.6 Å². The first kappa shape index (κ1) is 16.0. The number of aromatic nitrogens is 3. The Bertz CT molecular complexity index is 946. The second-order valence-corrected chi connectivity index (χ2v) is 6.81. The molecule has 0 unspecified atom stereocenters. The molecule has 0 radical (unpaired) electrons. The molecule has 2 aromatic carbocycles. The van der Waals surface area contributed by atoms with Crippen molar-refractivity contribution in [3.05, 3.63) is 81.8 Å². The first-order valence-electron chi connectivity index (χ1n) is 8.08. The van der Waals surface area contributed by atoms with Crippen molar-refractivity contribution < 1.29 is 4.39 Å². The van der Waals surface area contributed by atoms with Crippen molar-refractivity contribution in [1.29, 1.82) is 0 Å². The highest BCUT2D eigenvalue weighted by Crippen LogP contribution is 2.34. The number of allylic oxidation sites excluding steroid dienone is 1. The molecule has 25 heavy (non-hydrogen) atoms. The van der Waals surface area contributed by atoms with E-state index in [2.05, 4.69) is 62.5 Å². The van der Waals surface area contributed by atoms with Crippen molar-refractivity contribution in [2.45, 2.75) is 19.4 Å². The summed E-state index contributed by atoms with van der Waals surface area (Å²) in [5.74, 6) is 0.329. The highest BCUT2D eigenvalue weighted by Gasteiger charge is 2.25. The molecule has 0 aliphatic carbocycles. The zero-order valence-corrected chi connectivity index (χ0v) is 15.2. The predicted octanol–water partition coefficient (Wildman–Crippen LogP) is 4.80. The van der Waals surface area contributed by atoms with Crippen LogP contribution in [0.4, 0.5) is 10.3 Å². The molecular formula is C19H16BrFN4. The molecule has 4 nitrogen and oxygen atoms in total. The number of nitrogens with zero attached hydrogens (tertiary/aromatic N) is 3. The van der Waals surface area contributed by atoms with Crippen LogP contribution in [0.15, 0.2) is 59.3 Å². The highest BCUT2D eigenvalue weighted by atomic mass is 79.9. The molecule has 126 valence electrons. The van der Waals surface area contributed by atoms with Crippen LogP contribution >= 0.6 is 15.9 Å². The van der Waals surface area contributed by atoms with Crippen LogP contribution in [0.5, 0.6) is 0 Å². The Labute approximate surface area is 153 Å². The second kappa shape index (κ2) is 6.44. The molecule has 0 saturated carbocycles. The van der Waals surface area contributed by atoms with Crippen LogP contribution in [0.25, 0.3) is 5.70 Å². The minimum atomic E-state index is -0.364. The maximum atomic E-state index is 14.5. The molecular weight excluding hydrogens is 383 g/mol. The van der Waals surface area contributed by atoms with E-state index in [0.29, 0.717) is 11.5 Å². The summed E-state index contributed by atoms with van der Waals surface area (Å²) in [7, 11) is 0. The molecule has 1 aromatic heterocycles. The van der Waals surface area contributed by atoms with Gasteiger partial charge in [0.15, 0.2) is 0 Å². The van der Waals surface area contributed by atoms with Gasteiger partial charge >= 0.3 is 0 Å². The van der Waals surface area contributed by atoms with Crippen LogP contribution in [0.1, 0.15) is 29.7 Å². The van der Waals surface area contributed by atoms with Crippen molar-refractivity contribution in [2.24, 2.45) is 0 Å². The fourth-order valence-electron chi connectivity index (χ4n) is 2.98. The van der Waals surface area contributed by atoms with E-state index in [4.69, 9.17) is 0 Å². The molecule has 1 atom stereocenters. The van der Waals surface area contributed by atoms with E-state index < -0.39 is 0 Å². The number of rotatable bonds is 3. The number of nitrogens with one attached hydrogen (secondary N) is 1. The van der Waals surface area contributed by atoms with Crippen molar-refractivity contribution in [1.82, 2.24) is 14.8 Å². The second-order valence-electron chi connectivity index (χ2n) is 5.89. The minimum absolute atomic E-state index is 0.270. The van der Waals surface area contributed by atoms with Crippen molar-refractivity contribution in [2.75, 3.05) is 5.32 Å². The third-order valence-electron chi connectivity index (χ3n) is 4.36. The van der Waals surface area contributed by atoms with Crippen LogP contribution in [0, 0.1) is 5.82 Å². The van der Waals surface area contributed by atoms with Crippen LogP contribution in [0.2, 0.25) is 0 Å². The van der Waals surface area contributed by atoms with Gasteiger partial charge in [-0.25, -0.2) is 9.07 Å². The van der Waals surface area contributed by atoms with Crippen molar-refractivity contribution in [3.63, 3.8) is 0 Å². The average molecular weight is 399 g/mol. The molecule has 0 saturated heterocycles. The molecule has 0 spiro atoms. The van der Waals surface area contributed by atoms with E-state index in [9.17, 15) is 4.39 Å². The fraction of sp³-hybridized carbons (Fsp3) is 0.158. The lowest BCUT2D eigenvalue weighted by molar-refractivity contribution is 0.551. The molecule has 0 fully saturated rings. The van der Waals surface area contributed by atoms with E-state index in [-0.39, 0.29) is 11.9 Å². The molecule has 2 heterocycles. The monoisotopic (exact) mass is 398 g/mol. The van der Waals surface area contributed by atoms with Gasteiger partial charge in [-0.2, -0.15) is 10.1 Å². The molecule has 1 aliphatic heterocycles. The number of fused-ring (bicyclic) bond motifs is 1. The Morgan fingerprint density at radius 2 is 2.00 bits per heavy atom. The van der Waals surface area contributed by atoms with E-state index >= 15 is 0 Å². The molecule has 3 aromatic rings. The summed E-state index contributed by atoms with van der Waals surface area (Å²) in [5.41, 5.74) is 3.75. The number of hydrogen-bond acceptors (Lipinski definition) is 3. The van der Waals surface area contributed by atoms with Gasteiger partial charge < -0.3 is 5.32 Å². The van der Waals surface area contributed by atoms with Crippen molar-refractivity contribution in [3.8, 4) is 0 Å². The van der Waals surface area contributed by atoms with Gasteiger partial charge in [-0.15, -0.1) is 0 Å². The number of hydrogen-bond donors (Lipinski definition) is 1. The van der Waals surface area contributed by atoms with E-state index in [1.807, 2.05) is 6.08 Å². The summed E-state index contributed by atoms with van der Waals surface area (Å²) in [5, 5.41) is 7.54. The third-order valence-corrected chi connectivity index (χ3v) is 4.85. The maximum Gasteiger partial charge on any atom is 0.226 e. The normalized spacial score (nSPS) is 16.1. The van der Waals surface area contributed by atoms with Gasteiger partial charge in [-0.3, -0.25) is 0 Å². The van der Waals surface area contributed by atoms with Gasteiger partial charge in [-0.1, -0.05) is 47.1 Å². The zero-order chi connectivity index (χ0) is 17.4. The molecule has 4 rings (SSSR count). The van der Waals surface area contributed by atoms with Crippen LogP contribution in [-0.4, -0.2) is 14.8 Å². The summed E-state index contributed by atoms with van der Waals surface area (Å²) in [6.07, 6.45) is 4.45. The largest absolute Gasteiger partial charge is 0.324 e. The minimum Gasteiger partial charge on any atom is -0.324 e. The number of aryl methyl sites for hydroxylation is 1. The molecule has 1 N–H and O–H groups in total. The lowest BCUT2D eigenvalue weighted by Gasteiger charge is -2.25. The molecule has 0 bridgehead atoms. The smallest absolute Gasteiger partial charge is 0.226 e. The Morgan fingerprint density at radius 1 is 1.20 bits per heavy atom. The van der Waals surface area contributed by atoms with Gasteiger partial charge in [-0.05, 0) is 41.8 Å². The van der Waals surface area contributed by atoms with E-state index in [1.54, 1.807) is 16.8 Å².